The number of ether oxygens (including phenoxy) is 1. The zero-order valence-corrected chi connectivity index (χ0v) is 7.94. The second kappa shape index (κ2) is 4.56. The molecule has 82 valence electrons. The van der Waals surface area contributed by atoms with Crippen LogP contribution >= 0.6 is 0 Å². The molecular weight excluding hydrogens is 204 g/mol. The molecule has 0 saturated heterocycles. The quantitative estimate of drug-likeness (QED) is 0.609. The summed E-state index contributed by atoms with van der Waals surface area (Å²) >= 11 is 0. The second-order valence-electron chi connectivity index (χ2n) is 2.70. The van der Waals surface area contributed by atoms with Crippen LogP contribution in [-0.4, -0.2) is 27.7 Å². The van der Waals surface area contributed by atoms with Crippen LogP contribution in [-0.2, 0) is 9.53 Å². The van der Waals surface area contributed by atoms with Crippen molar-refractivity contribution in [3.05, 3.63) is 32.6 Å². The Balaban J connectivity index is 3.17. The molecule has 1 atom stereocenters. The van der Waals surface area contributed by atoms with Gasteiger partial charge in [-0.05, 0) is 6.92 Å². The van der Waals surface area contributed by atoms with E-state index >= 15 is 0 Å². The van der Waals surface area contributed by atoms with Gasteiger partial charge in [-0.1, -0.05) is 0 Å². The number of carboxylic acids is 1. The average Bonchev–Trinajstić information content (AvgIpc) is 2.15. The summed E-state index contributed by atoms with van der Waals surface area (Å²) in [5.74, 6) is -1.28. The normalized spacial score (nSPS) is 12.3. The number of carbonyl (C=O) groups is 1. The highest BCUT2D eigenvalue weighted by Gasteiger charge is 2.23. The van der Waals surface area contributed by atoms with Crippen LogP contribution in [0, 0.1) is 0 Å². The molecular formula is C8H10N2O5. The van der Waals surface area contributed by atoms with Gasteiger partial charge in [-0.25, -0.2) is 9.59 Å². The van der Waals surface area contributed by atoms with E-state index in [1.165, 1.54) is 0 Å². The maximum Gasteiger partial charge on any atom is 0.337 e. The van der Waals surface area contributed by atoms with Crippen LogP contribution in [0.3, 0.4) is 0 Å². The van der Waals surface area contributed by atoms with Gasteiger partial charge in [0.1, 0.15) is 0 Å². The molecule has 0 amide bonds. The Morgan fingerprint density at radius 3 is 2.73 bits per heavy atom. The molecule has 0 aliphatic carbocycles. The first-order chi connectivity index (χ1) is 7.06. The van der Waals surface area contributed by atoms with Crippen molar-refractivity contribution < 1.29 is 14.6 Å². The van der Waals surface area contributed by atoms with Gasteiger partial charge < -0.3 is 14.8 Å². The number of hydrogen-bond acceptors (Lipinski definition) is 4. The first-order valence-corrected chi connectivity index (χ1v) is 4.22. The third kappa shape index (κ3) is 2.53. The molecule has 0 aliphatic heterocycles. The molecule has 0 aliphatic rings. The molecule has 0 bridgehead atoms. The van der Waals surface area contributed by atoms with Crippen LogP contribution in [0.15, 0.2) is 15.8 Å². The van der Waals surface area contributed by atoms with Crippen LogP contribution < -0.4 is 11.2 Å². The number of rotatable bonds is 4. The number of aliphatic carboxylic acids is 1. The summed E-state index contributed by atoms with van der Waals surface area (Å²) in [7, 11) is 0. The fourth-order valence-electron chi connectivity index (χ4n) is 1.08. The van der Waals surface area contributed by atoms with Crippen molar-refractivity contribution in [2.75, 3.05) is 6.61 Å². The van der Waals surface area contributed by atoms with E-state index in [4.69, 9.17) is 9.84 Å². The SMILES string of the molecule is CCOC(C(=O)O)c1c[nH]c(=O)[nH]c1=O. The van der Waals surface area contributed by atoms with Crippen LogP contribution in [0.5, 0.6) is 0 Å². The summed E-state index contributed by atoms with van der Waals surface area (Å²) in [6, 6.07) is 0. The number of carboxylic acid groups (broad SMARTS) is 1. The van der Waals surface area contributed by atoms with E-state index in [1.54, 1.807) is 6.92 Å². The Kier molecular flexibility index (Phi) is 3.40. The Bertz CT molecular complexity index is 461. The average molecular weight is 214 g/mol. The van der Waals surface area contributed by atoms with Crippen molar-refractivity contribution in [1.29, 1.82) is 0 Å². The molecule has 0 aromatic carbocycles. The minimum Gasteiger partial charge on any atom is -0.479 e. The number of hydrogen-bond donors (Lipinski definition) is 3. The lowest BCUT2D eigenvalue weighted by atomic mass is 10.2. The summed E-state index contributed by atoms with van der Waals surface area (Å²) in [4.78, 5) is 36.8. The van der Waals surface area contributed by atoms with Crippen LogP contribution in [0.25, 0.3) is 0 Å². The first-order valence-electron chi connectivity index (χ1n) is 4.22. The number of nitrogens with one attached hydrogen (secondary N) is 2. The standard InChI is InChI=1S/C8H10N2O5/c1-2-15-5(7(12)13)4-3-9-8(14)10-6(4)11/h3,5H,2H2,1H3,(H,12,13)(H2,9,10,11,14). The predicted octanol–water partition coefficient (Wildman–Crippen LogP) is -0.775. The van der Waals surface area contributed by atoms with Crippen LogP contribution in [0.4, 0.5) is 0 Å². The van der Waals surface area contributed by atoms with Crippen molar-refractivity contribution in [3.63, 3.8) is 0 Å². The topological polar surface area (TPSA) is 112 Å². The molecule has 1 heterocycles. The zero-order chi connectivity index (χ0) is 11.4. The third-order valence-corrected chi connectivity index (χ3v) is 1.69. The largest absolute Gasteiger partial charge is 0.479 e. The second-order valence-corrected chi connectivity index (χ2v) is 2.70. The number of H-pyrrole nitrogens is 2. The van der Waals surface area contributed by atoms with Crippen molar-refractivity contribution >= 4 is 5.97 Å². The molecule has 7 heteroatoms. The van der Waals surface area contributed by atoms with Gasteiger partial charge in [0.2, 0.25) is 0 Å². The summed E-state index contributed by atoms with van der Waals surface area (Å²) in [5.41, 5.74) is -1.59. The van der Waals surface area contributed by atoms with E-state index in [2.05, 4.69) is 4.98 Å². The van der Waals surface area contributed by atoms with Gasteiger partial charge in [0.05, 0.1) is 5.56 Å². The molecule has 0 radical (unpaired) electrons. The highest BCUT2D eigenvalue weighted by Crippen LogP contribution is 2.11. The minimum absolute atomic E-state index is 0.135. The van der Waals surface area contributed by atoms with Gasteiger partial charge in [0.15, 0.2) is 6.10 Å². The fourth-order valence-corrected chi connectivity index (χ4v) is 1.08. The first kappa shape index (κ1) is 11.2. The van der Waals surface area contributed by atoms with Gasteiger partial charge in [-0.15, -0.1) is 0 Å². The van der Waals surface area contributed by atoms with Gasteiger partial charge >= 0.3 is 11.7 Å². The Morgan fingerprint density at radius 2 is 2.27 bits per heavy atom. The summed E-state index contributed by atoms with van der Waals surface area (Å²) < 4.78 is 4.87. The van der Waals surface area contributed by atoms with Gasteiger partial charge in [0, 0.05) is 12.8 Å². The molecule has 1 rings (SSSR count). The fraction of sp³-hybridized carbons (Fsp3) is 0.375. The molecule has 0 fully saturated rings. The number of aromatic amines is 2. The van der Waals surface area contributed by atoms with E-state index in [9.17, 15) is 14.4 Å². The summed E-state index contributed by atoms with van der Waals surface area (Å²) in [6.45, 7) is 1.76. The Hall–Kier alpha value is -1.89. The van der Waals surface area contributed by atoms with Crippen LogP contribution in [0.2, 0.25) is 0 Å². The molecule has 1 aromatic rings. The van der Waals surface area contributed by atoms with Crippen molar-refractivity contribution in [1.82, 2.24) is 9.97 Å². The molecule has 1 aromatic heterocycles. The molecule has 0 spiro atoms. The van der Waals surface area contributed by atoms with Crippen LogP contribution in [0.1, 0.15) is 18.6 Å². The van der Waals surface area contributed by atoms with E-state index in [-0.39, 0.29) is 12.2 Å². The number of aromatic nitrogens is 2. The smallest absolute Gasteiger partial charge is 0.337 e. The lowest BCUT2D eigenvalue weighted by Gasteiger charge is -2.10. The van der Waals surface area contributed by atoms with E-state index in [0.717, 1.165) is 6.20 Å². The Morgan fingerprint density at radius 1 is 1.60 bits per heavy atom. The molecule has 0 saturated carbocycles. The van der Waals surface area contributed by atoms with E-state index in [1.807, 2.05) is 4.98 Å². The van der Waals surface area contributed by atoms with E-state index in [0.29, 0.717) is 0 Å². The van der Waals surface area contributed by atoms with Gasteiger partial charge in [-0.2, -0.15) is 0 Å². The minimum atomic E-state index is -1.37. The van der Waals surface area contributed by atoms with Gasteiger partial charge in [-0.3, -0.25) is 9.78 Å². The third-order valence-electron chi connectivity index (χ3n) is 1.69. The molecule has 3 N–H and O–H groups in total. The zero-order valence-electron chi connectivity index (χ0n) is 7.94. The summed E-state index contributed by atoms with van der Waals surface area (Å²) in [6.07, 6.45) is -0.328. The molecule has 15 heavy (non-hydrogen) atoms. The van der Waals surface area contributed by atoms with Crippen molar-refractivity contribution in [2.45, 2.75) is 13.0 Å². The maximum atomic E-state index is 11.2. The van der Waals surface area contributed by atoms with Gasteiger partial charge in [0.25, 0.3) is 5.56 Å². The Labute approximate surface area is 83.7 Å². The van der Waals surface area contributed by atoms with E-state index < -0.39 is 23.3 Å². The highest BCUT2D eigenvalue weighted by molar-refractivity contribution is 5.74. The lowest BCUT2D eigenvalue weighted by Crippen LogP contribution is -2.29. The lowest BCUT2D eigenvalue weighted by molar-refractivity contribution is -0.150. The summed E-state index contributed by atoms with van der Waals surface area (Å²) in [5, 5.41) is 8.78. The monoisotopic (exact) mass is 214 g/mol. The predicted molar refractivity (Wildman–Crippen MR) is 49.7 cm³/mol. The van der Waals surface area contributed by atoms with Crippen molar-refractivity contribution in [3.8, 4) is 0 Å². The maximum absolute atomic E-state index is 11.2. The molecule has 1 unspecified atom stereocenters. The van der Waals surface area contributed by atoms with Crippen molar-refractivity contribution in [2.24, 2.45) is 0 Å². The molecule has 7 nitrogen and oxygen atoms in total. The highest BCUT2D eigenvalue weighted by atomic mass is 16.5.